The SMILES string of the molecule is C=C1CCCC(NCC(=O)O)=C1C.COc1ccc(C)cc1OC. The minimum Gasteiger partial charge on any atom is -0.493 e. The van der Waals surface area contributed by atoms with Crippen LogP contribution in [0.4, 0.5) is 0 Å². The molecule has 5 nitrogen and oxygen atoms in total. The molecule has 5 heteroatoms. The first-order valence-electron chi connectivity index (χ1n) is 7.91. The molecule has 0 saturated carbocycles. The normalized spacial score (nSPS) is 13.8. The van der Waals surface area contributed by atoms with Crippen LogP contribution in [0.5, 0.6) is 11.5 Å². The molecule has 0 radical (unpaired) electrons. The van der Waals surface area contributed by atoms with Gasteiger partial charge in [-0.15, -0.1) is 0 Å². The van der Waals surface area contributed by atoms with E-state index in [1.54, 1.807) is 14.2 Å². The van der Waals surface area contributed by atoms with Gasteiger partial charge in [-0.1, -0.05) is 18.2 Å². The monoisotopic (exact) mass is 333 g/mol. The van der Waals surface area contributed by atoms with Gasteiger partial charge in [-0.2, -0.15) is 0 Å². The summed E-state index contributed by atoms with van der Waals surface area (Å²) >= 11 is 0. The third kappa shape index (κ3) is 5.99. The number of aliphatic carboxylic acids is 1. The Bertz CT molecular complexity index is 620. The van der Waals surface area contributed by atoms with E-state index in [2.05, 4.69) is 11.9 Å². The number of methoxy groups -OCH3 is 2. The van der Waals surface area contributed by atoms with Gasteiger partial charge in [0, 0.05) is 5.70 Å². The number of ether oxygens (including phenoxy) is 2. The van der Waals surface area contributed by atoms with E-state index in [9.17, 15) is 4.79 Å². The fraction of sp³-hybridized carbons (Fsp3) is 0.421. The standard InChI is InChI=1S/C10H15NO2.C9H12O2/c1-7-4-3-5-9(8(7)2)11-6-10(12)13;1-7-4-5-8(10-2)9(6-7)11-3/h11H,1,3-6H2,2H3,(H,12,13);4-6H,1-3H3. The van der Waals surface area contributed by atoms with Gasteiger partial charge in [0.15, 0.2) is 11.5 Å². The molecule has 0 unspecified atom stereocenters. The minimum atomic E-state index is -0.823. The number of carboxylic acids is 1. The number of benzene rings is 1. The summed E-state index contributed by atoms with van der Waals surface area (Å²) in [6.07, 6.45) is 3.04. The highest BCUT2D eigenvalue weighted by atomic mass is 16.5. The van der Waals surface area contributed by atoms with Crippen LogP contribution in [-0.2, 0) is 4.79 Å². The van der Waals surface area contributed by atoms with Crippen LogP contribution in [0.2, 0.25) is 0 Å². The Hall–Kier alpha value is -2.43. The quantitative estimate of drug-likeness (QED) is 0.860. The molecule has 0 atom stereocenters. The van der Waals surface area contributed by atoms with Gasteiger partial charge in [-0.3, -0.25) is 4.79 Å². The molecule has 0 aromatic heterocycles. The Balaban J connectivity index is 0.000000243. The van der Waals surface area contributed by atoms with Crippen LogP contribution in [0.25, 0.3) is 0 Å². The van der Waals surface area contributed by atoms with Gasteiger partial charge in [-0.05, 0) is 56.4 Å². The van der Waals surface area contributed by atoms with Crippen LogP contribution in [0, 0.1) is 6.92 Å². The zero-order valence-electron chi connectivity index (χ0n) is 14.9. The van der Waals surface area contributed by atoms with Gasteiger partial charge < -0.3 is 19.9 Å². The predicted octanol–water partition coefficient (Wildman–Crippen LogP) is 3.69. The van der Waals surface area contributed by atoms with Crippen LogP contribution in [-0.4, -0.2) is 31.8 Å². The smallest absolute Gasteiger partial charge is 0.322 e. The summed E-state index contributed by atoms with van der Waals surface area (Å²) in [6.45, 7) is 7.93. The van der Waals surface area contributed by atoms with Crippen molar-refractivity contribution in [3.8, 4) is 11.5 Å². The average molecular weight is 333 g/mol. The van der Waals surface area contributed by atoms with Crippen molar-refractivity contribution in [2.24, 2.45) is 0 Å². The van der Waals surface area contributed by atoms with E-state index in [4.69, 9.17) is 14.6 Å². The van der Waals surface area contributed by atoms with Crippen molar-refractivity contribution in [3.05, 3.63) is 47.2 Å². The molecule has 0 saturated heterocycles. The van der Waals surface area contributed by atoms with Gasteiger partial charge >= 0.3 is 5.97 Å². The highest BCUT2D eigenvalue weighted by Gasteiger charge is 2.12. The molecule has 0 fully saturated rings. The van der Waals surface area contributed by atoms with Crippen LogP contribution >= 0.6 is 0 Å². The number of nitrogens with one attached hydrogen (secondary N) is 1. The topological polar surface area (TPSA) is 67.8 Å². The Morgan fingerprint density at radius 3 is 2.46 bits per heavy atom. The summed E-state index contributed by atoms with van der Waals surface area (Å²) in [7, 11) is 3.27. The van der Waals surface area contributed by atoms with Gasteiger partial charge in [0.1, 0.15) is 6.54 Å². The first-order valence-corrected chi connectivity index (χ1v) is 7.91. The number of hydrogen-bond acceptors (Lipinski definition) is 4. The lowest BCUT2D eigenvalue weighted by Gasteiger charge is -2.20. The zero-order valence-corrected chi connectivity index (χ0v) is 14.9. The molecule has 0 amide bonds. The van der Waals surface area contributed by atoms with Crippen LogP contribution in [0.1, 0.15) is 31.7 Å². The van der Waals surface area contributed by atoms with E-state index in [0.717, 1.165) is 47.6 Å². The molecule has 132 valence electrons. The Morgan fingerprint density at radius 2 is 1.88 bits per heavy atom. The lowest BCUT2D eigenvalue weighted by atomic mass is 9.93. The van der Waals surface area contributed by atoms with E-state index in [1.807, 2.05) is 32.0 Å². The highest BCUT2D eigenvalue weighted by molar-refractivity contribution is 5.69. The minimum absolute atomic E-state index is 0.0000463. The maximum Gasteiger partial charge on any atom is 0.322 e. The summed E-state index contributed by atoms with van der Waals surface area (Å²) < 4.78 is 10.2. The first kappa shape index (κ1) is 19.6. The van der Waals surface area contributed by atoms with Crippen molar-refractivity contribution in [1.29, 1.82) is 0 Å². The second-order valence-electron chi connectivity index (χ2n) is 5.67. The Morgan fingerprint density at radius 1 is 1.21 bits per heavy atom. The summed E-state index contributed by atoms with van der Waals surface area (Å²) in [5, 5.41) is 11.4. The molecule has 0 bridgehead atoms. The van der Waals surface area contributed by atoms with Gasteiger partial charge in [-0.25, -0.2) is 0 Å². The number of hydrogen-bond donors (Lipinski definition) is 2. The molecule has 0 heterocycles. The largest absolute Gasteiger partial charge is 0.493 e. The van der Waals surface area contributed by atoms with E-state index >= 15 is 0 Å². The zero-order chi connectivity index (χ0) is 18.1. The lowest BCUT2D eigenvalue weighted by Crippen LogP contribution is -2.24. The summed E-state index contributed by atoms with van der Waals surface area (Å²) in [6, 6.07) is 5.83. The molecule has 0 aliphatic heterocycles. The molecule has 1 aliphatic rings. The number of aryl methyl sites for hydroxylation is 1. The van der Waals surface area contributed by atoms with Crippen molar-refractivity contribution in [3.63, 3.8) is 0 Å². The highest BCUT2D eigenvalue weighted by Crippen LogP contribution is 2.27. The van der Waals surface area contributed by atoms with Crippen LogP contribution in [0.3, 0.4) is 0 Å². The molecule has 0 spiro atoms. The molecule has 2 rings (SSSR count). The maximum atomic E-state index is 10.3. The van der Waals surface area contributed by atoms with Crippen molar-refractivity contribution in [2.75, 3.05) is 20.8 Å². The lowest BCUT2D eigenvalue weighted by molar-refractivity contribution is -0.135. The Labute approximate surface area is 144 Å². The Kier molecular flexibility index (Phi) is 7.89. The number of rotatable bonds is 5. The fourth-order valence-corrected chi connectivity index (χ4v) is 2.41. The van der Waals surface area contributed by atoms with Crippen molar-refractivity contribution < 1.29 is 19.4 Å². The average Bonchev–Trinajstić information content (AvgIpc) is 2.56. The van der Waals surface area contributed by atoms with Crippen LogP contribution < -0.4 is 14.8 Å². The number of carboxylic acid groups (broad SMARTS) is 1. The second kappa shape index (κ2) is 9.65. The van der Waals surface area contributed by atoms with E-state index in [-0.39, 0.29) is 6.54 Å². The van der Waals surface area contributed by atoms with E-state index < -0.39 is 5.97 Å². The molecule has 1 aromatic carbocycles. The molecular weight excluding hydrogens is 306 g/mol. The molecule has 1 aliphatic carbocycles. The number of allylic oxidation sites excluding steroid dienone is 3. The van der Waals surface area contributed by atoms with Gasteiger partial charge in [0.25, 0.3) is 0 Å². The van der Waals surface area contributed by atoms with Crippen molar-refractivity contribution >= 4 is 5.97 Å². The van der Waals surface area contributed by atoms with E-state index in [1.165, 1.54) is 5.56 Å². The van der Waals surface area contributed by atoms with Crippen molar-refractivity contribution in [2.45, 2.75) is 33.1 Å². The molecule has 1 aromatic rings. The summed E-state index contributed by atoms with van der Waals surface area (Å²) in [5.41, 5.74) is 4.47. The van der Waals surface area contributed by atoms with Crippen molar-refractivity contribution in [1.82, 2.24) is 5.32 Å². The fourth-order valence-electron chi connectivity index (χ4n) is 2.41. The first-order chi connectivity index (χ1) is 11.4. The molecule has 2 N–H and O–H groups in total. The van der Waals surface area contributed by atoms with E-state index in [0.29, 0.717) is 0 Å². The maximum absolute atomic E-state index is 10.3. The third-order valence-electron chi connectivity index (χ3n) is 3.88. The molecule has 24 heavy (non-hydrogen) atoms. The summed E-state index contributed by atoms with van der Waals surface area (Å²) in [5.74, 6) is 0.738. The number of carbonyl (C=O) groups is 1. The second-order valence-corrected chi connectivity index (χ2v) is 5.67. The molecular formula is C19H27NO4. The summed E-state index contributed by atoms with van der Waals surface area (Å²) in [4.78, 5) is 10.3. The predicted molar refractivity (Wildman–Crippen MR) is 95.6 cm³/mol. The van der Waals surface area contributed by atoms with Gasteiger partial charge in [0.05, 0.1) is 14.2 Å². The van der Waals surface area contributed by atoms with Gasteiger partial charge in [0.2, 0.25) is 0 Å². The third-order valence-corrected chi connectivity index (χ3v) is 3.88. The van der Waals surface area contributed by atoms with Crippen LogP contribution in [0.15, 0.2) is 41.6 Å².